The Kier molecular flexibility index (Phi) is 2.69. The van der Waals surface area contributed by atoms with Crippen molar-refractivity contribution in [3.8, 4) is 0 Å². The van der Waals surface area contributed by atoms with E-state index in [0.29, 0.717) is 6.04 Å². The monoisotopic (exact) mass is 208 g/mol. The molecule has 1 aromatic heterocycles. The molecular weight excluding hydrogens is 188 g/mol. The topological polar surface area (TPSA) is 52.7 Å². The number of aromatic nitrogens is 2. The molecule has 1 unspecified atom stereocenters. The quantitative estimate of drug-likeness (QED) is 0.690. The Morgan fingerprint density at radius 1 is 1.47 bits per heavy atom. The molecule has 0 radical (unpaired) electrons. The molecule has 1 atom stereocenters. The molecule has 0 aromatic carbocycles. The number of anilines is 1. The highest BCUT2D eigenvalue weighted by Gasteiger charge is 2.19. The third kappa shape index (κ3) is 2.50. The van der Waals surface area contributed by atoms with Crippen molar-refractivity contribution in [2.45, 2.75) is 38.6 Å². The fraction of sp³-hybridized carbons (Fsp3) is 0.727. The Bertz CT molecular complexity index is 318. The minimum atomic E-state index is 0.140. The van der Waals surface area contributed by atoms with Crippen molar-refractivity contribution in [3.63, 3.8) is 0 Å². The number of aromatic amines is 1. The number of hydrogen-bond acceptors (Lipinski definition) is 3. The molecule has 0 aliphatic carbocycles. The van der Waals surface area contributed by atoms with E-state index < -0.39 is 0 Å². The Morgan fingerprint density at radius 3 is 2.80 bits per heavy atom. The van der Waals surface area contributed by atoms with Crippen LogP contribution in [0.1, 0.15) is 32.9 Å². The summed E-state index contributed by atoms with van der Waals surface area (Å²) in [6, 6.07) is 2.64. The normalized spacial score (nSPS) is 21.9. The van der Waals surface area contributed by atoms with Crippen molar-refractivity contribution < 1.29 is 0 Å². The Morgan fingerprint density at radius 2 is 2.27 bits per heavy atom. The van der Waals surface area contributed by atoms with Gasteiger partial charge in [0.2, 0.25) is 0 Å². The molecule has 2 heterocycles. The maximum atomic E-state index is 4.28. The van der Waals surface area contributed by atoms with E-state index in [1.54, 1.807) is 0 Å². The largest absolute Gasteiger partial charge is 0.365 e. The summed E-state index contributed by atoms with van der Waals surface area (Å²) in [4.78, 5) is 0. The van der Waals surface area contributed by atoms with E-state index in [1.807, 2.05) is 0 Å². The number of rotatable bonds is 2. The van der Waals surface area contributed by atoms with Crippen LogP contribution in [0.4, 0.5) is 5.82 Å². The minimum absolute atomic E-state index is 0.140. The first-order valence-corrected chi connectivity index (χ1v) is 5.59. The molecular formula is C11H20N4. The van der Waals surface area contributed by atoms with Gasteiger partial charge in [0.05, 0.1) is 0 Å². The van der Waals surface area contributed by atoms with Gasteiger partial charge in [0.15, 0.2) is 0 Å². The second kappa shape index (κ2) is 3.85. The molecule has 1 fully saturated rings. The predicted molar refractivity (Wildman–Crippen MR) is 62.2 cm³/mol. The summed E-state index contributed by atoms with van der Waals surface area (Å²) >= 11 is 0. The van der Waals surface area contributed by atoms with Gasteiger partial charge in [-0.2, -0.15) is 5.10 Å². The van der Waals surface area contributed by atoms with Crippen LogP contribution in [-0.4, -0.2) is 29.3 Å². The average molecular weight is 208 g/mol. The van der Waals surface area contributed by atoms with Gasteiger partial charge in [-0.15, -0.1) is 0 Å². The van der Waals surface area contributed by atoms with E-state index in [2.05, 4.69) is 47.7 Å². The van der Waals surface area contributed by atoms with Crippen LogP contribution in [0, 0.1) is 0 Å². The Hall–Kier alpha value is -1.03. The van der Waals surface area contributed by atoms with Crippen LogP contribution in [-0.2, 0) is 5.41 Å². The molecule has 1 saturated heterocycles. The second-order valence-corrected chi connectivity index (χ2v) is 5.25. The molecule has 1 aliphatic rings. The van der Waals surface area contributed by atoms with Crippen LogP contribution in [0.2, 0.25) is 0 Å². The minimum Gasteiger partial charge on any atom is -0.365 e. The van der Waals surface area contributed by atoms with E-state index in [9.17, 15) is 0 Å². The van der Waals surface area contributed by atoms with Crippen molar-refractivity contribution in [1.29, 1.82) is 0 Å². The molecule has 84 valence electrons. The number of nitrogens with zero attached hydrogens (tertiary/aromatic N) is 1. The lowest BCUT2D eigenvalue weighted by atomic mass is 9.92. The van der Waals surface area contributed by atoms with Crippen LogP contribution in [0.3, 0.4) is 0 Å². The summed E-state index contributed by atoms with van der Waals surface area (Å²) in [6.07, 6.45) is 1.18. The number of hydrogen-bond donors (Lipinski definition) is 3. The Labute approximate surface area is 90.8 Å². The highest BCUT2D eigenvalue weighted by molar-refractivity contribution is 5.38. The highest BCUT2D eigenvalue weighted by Crippen LogP contribution is 2.22. The molecule has 1 aliphatic heterocycles. The van der Waals surface area contributed by atoms with Crippen molar-refractivity contribution in [2.24, 2.45) is 0 Å². The molecule has 2 rings (SSSR count). The summed E-state index contributed by atoms with van der Waals surface area (Å²) in [7, 11) is 0. The SMILES string of the molecule is CC(C)(C)c1cc(NC2CCNC2)n[nH]1. The summed E-state index contributed by atoms with van der Waals surface area (Å²) < 4.78 is 0. The van der Waals surface area contributed by atoms with E-state index in [0.717, 1.165) is 18.9 Å². The third-order valence-corrected chi connectivity index (χ3v) is 2.80. The van der Waals surface area contributed by atoms with Crippen LogP contribution < -0.4 is 10.6 Å². The van der Waals surface area contributed by atoms with Crippen molar-refractivity contribution >= 4 is 5.82 Å². The first-order chi connectivity index (χ1) is 7.05. The molecule has 1 aromatic rings. The van der Waals surface area contributed by atoms with Crippen molar-refractivity contribution in [2.75, 3.05) is 18.4 Å². The number of nitrogens with one attached hydrogen (secondary N) is 3. The van der Waals surface area contributed by atoms with Crippen molar-refractivity contribution in [1.82, 2.24) is 15.5 Å². The highest BCUT2D eigenvalue weighted by atomic mass is 15.2. The smallest absolute Gasteiger partial charge is 0.148 e. The lowest BCUT2D eigenvalue weighted by molar-refractivity contribution is 0.567. The predicted octanol–water partition coefficient (Wildman–Crippen LogP) is 1.48. The molecule has 0 spiro atoms. The summed E-state index contributed by atoms with van der Waals surface area (Å²) in [5.41, 5.74) is 1.32. The zero-order valence-electron chi connectivity index (χ0n) is 9.72. The first-order valence-electron chi connectivity index (χ1n) is 5.59. The van der Waals surface area contributed by atoms with E-state index >= 15 is 0 Å². The zero-order valence-corrected chi connectivity index (χ0v) is 9.72. The van der Waals surface area contributed by atoms with Crippen LogP contribution in [0.15, 0.2) is 6.07 Å². The van der Waals surface area contributed by atoms with Crippen LogP contribution in [0.5, 0.6) is 0 Å². The molecule has 15 heavy (non-hydrogen) atoms. The second-order valence-electron chi connectivity index (χ2n) is 5.25. The van der Waals surface area contributed by atoms with Gasteiger partial charge >= 0.3 is 0 Å². The molecule has 4 nitrogen and oxygen atoms in total. The van der Waals surface area contributed by atoms with Gasteiger partial charge in [-0.25, -0.2) is 0 Å². The average Bonchev–Trinajstić information content (AvgIpc) is 2.73. The molecule has 4 heteroatoms. The maximum Gasteiger partial charge on any atom is 0.148 e. The van der Waals surface area contributed by atoms with E-state index in [4.69, 9.17) is 0 Å². The molecule has 0 saturated carbocycles. The van der Waals surface area contributed by atoms with Gasteiger partial charge in [-0.1, -0.05) is 20.8 Å². The molecule has 0 bridgehead atoms. The standard InChI is InChI=1S/C11H20N4/c1-11(2,3)9-6-10(15-14-9)13-8-4-5-12-7-8/h6,8,12H,4-5,7H2,1-3H3,(H2,13,14,15). The fourth-order valence-corrected chi connectivity index (χ4v) is 1.77. The molecule has 3 N–H and O–H groups in total. The van der Waals surface area contributed by atoms with Crippen molar-refractivity contribution in [3.05, 3.63) is 11.8 Å². The van der Waals surface area contributed by atoms with Gasteiger partial charge in [0.25, 0.3) is 0 Å². The third-order valence-electron chi connectivity index (χ3n) is 2.80. The fourth-order valence-electron chi connectivity index (χ4n) is 1.77. The lowest BCUT2D eigenvalue weighted by Gasteiger charge is -2.14. The summed E-state index contributed by atoms with van der Waals surface area (Å²) in [5, 5.41) is 14.1. The summed E-state index contributed by atoms with van der Waals surface area (Å²) in [6.45, 7) is 8.69. The van der Waals surface area contributed by atoms with E-state index in [1.165, 1.54) is 12.1 Å². The Balaban J connectivity index is 2.00. The van der Waals surface area contributed by atoms with Gasteiger partial charge in [-0.05, 0) is 13.0 Å². The van der Waals surface area contributed by atoms with Gasteiger partial charge < -0.3 is 10.6 Å². The first kappa shape index (κ1) is 10.5. The maximum absolute atomic E-state index is 4.28. The van der Waals surface area contributed by atoms with E-state index in [-0.39, 0.29) is 5.41 Å². The van der Waals surface area contributed by atoms with Gasteiger partial charge in [0.1, 0.15) is 5.82 Å². The van der Waals surface area contributed by atoms with Crippen LogP contribution >= 0.6 is 0 Å². The lowest BCUT2D eigenvalue weighted by Crippen LogP contribution is -2.22. The van der Waals surface area contributed by atoms with Gasteiger partial charge in [0, 0.05) is 29.8 Å². The summed E-state index contributed by atoms with van der Waals surface area (Å²) in [5.74, 6) is 0.966. The van der Waals surface area contributed by atoms with Crippen LogP contribution in [0.25, 0.3) is 0 Å². The molecule has 0 amide bonds. The number of H-pyrrole nitrogens is 1. The zero-order chi connectivity index (χ0) is 10.9. The van der Waals surface area contributed by atoms with Gasteiger partial charge in [-0.3, -0.25) is 5.10 Å².